The summed E-state index contributed by atoms with van der Waals surface area (Å²) in [6.07, 6.45) is 3.60. The van der Waals surface area contributed by atoms with E-state index in [4.69, 9.17) is 10.2 Å². The van der Waals surface area contributed by atoms with Crippen molar-refractivity contribution < 1.29 is 4.42 Å². The molecule has 0 aliphatic heterocycles. The van der Waals surface area contributed by atoms with Gasteiger partial charge in [0.15, 0.2) is 0 Å². The van der Waals surface area contributed by atoms with E-state index in [1.165, 1.54) is 23.8 Å². The molecule has 1 atom stereocenters. The molecule has 1 aromatic heterocycles. The maximum atomic E-state index is 6.26. The fraction of sp³-hybridized carbons (Fsp3) is 0.529. The number of benzene rings is 1. The zero-order chi connectivity index (χ0) is 14.0. The highest BCUT2D eigenvalue weighted by molar-refractivity contribution is 5.78. The fourth-order valence-electron chi connectivity index (χ4n) is 2.23. The summed E-state index contributed by atoms with van der Waals surface area (Å²) in [5, 5.41) is 1.17. The van der Waals surface area contributed by atoms with Gasteiger partial charge in [-0.25, -0.2) is 0 Å². The molecule has 2 heteroatoms. The van der Waals surface area contributed by atoms with Gasteiger partial charge in [-0.3, -0.25) is 0 Å². The maximum Gasteiger partial charge on any atom is 0.134 e. The largest absolute Gasteiger partial charge is 0.459 e. The first-order chi connectivity index (χ1) is 8.91. The monoisotopic (exact) mass is 259 g/mol. The molecule has 1 unspecified atom stereocenters. The Morgan fingerprint density at radius 3 is 2.58 bits per heavy atom. The molecule has 2 nitrogen and oxygen atoms in total. The lowest BCUT2D eigenvalue weighted by molar-refractivity contribution is 0.290. The van der Waals surface area contributed by atoms with Crippen LogP contribution < -0.4 is 5.73 Å². The Morgan fingerprint density at radius 1 is 1.21 bits per heavy atom. The van der Waals surface area contributed by atoms with Crippen molar-refractivity contribution in [3.8, 4) is 0 Å². The van der Waals surface area contributed by atoms with Crippen LogP contribution in [0.5, 0.6) is 0 Å². The summed E-state index contributed by atoms with van der Waals surface area (Å²) in [5.74, 6) is 0.884. The van der Waals surface area contributed by atoms with Crippen molar-refractivity contribution in [3.63, 3.8) is 0 Å². The third-order valence-corrected chi connectivity index (χ3v) is 3.66. The first-order valence-corrected chi connectivity index (χ1v) is 7.19. The zero-order valence-electron chi connectivity index (χ0n) is 12.5. The molecule has 0 spiro atoms. The predicted molar refractivity (Wildman–Crippen MR) is 81.2 cm³/mol. The summed E-state index contributed by atoms with van der Waals surface area (Å²) in [7, 11) is 0. The van der Waals surface area contributed by atoms with E-state index in [2.05, 4.69) is 52.0 Å². The van der Waals surface area contributed by atoms with Gasteiger partial charge in [0.2, 0.25) is 0 Å². The van der Waals surface area contributed by atoms with Crippen LogP contribution in [0.3, 0.4) is 0 Å². The summed E-state index contributed by atoms with van der Waals surface area (Å²) in [5.41, 5.74) is 8.59. The number of hydrogen-bond acceptors (Lipinski definition) is 2. The van der Waals surface area contributed by atoms with E-state index in [1.54, 1.807) is 0 Å². The summed E-state index contributed by atoms with van der Waals surface area (Å²) >= 11 is 0. The molecule has 0 radical (unpaired) electrons. The quantitative estimate of drug-likeness (QED) is 0.854. The molecule has 0 amide bonds. The molecular formula is C17H25NO. The molecule has 0 aliphatic carbocycles. The molecule has 1 heterocycles. The third-order valence-electron chi connectivity index (χ3n) is 3.66. The predicted octanol–water partition coefficient (Wildman–Crippen LogP) is 4.82. The Kier molecular flexibility index (Phi) is 4.00. The smallest absolute Gasteiger partial charge is 0.134 e. The van der Waals surface area contributed by atoms with Gasteiger partial charge in [0.1, 0.15) is 11.3 Å². The standard InChI is InChI=1S/C17H25NO/c1-5-6-7-12-8-9-14-13(10-12)11-15(19-14)16(18)17(2,3)4/h8-11,16H,5-7,18H2,1-4H3. The van der Waals surface area contributed by atoms with Gasteiger partial charge in [0, 0.05) is 5.39 Å². The van der Waals surface area contributed by atoms with E-state index >= 15 is 0 Å². The summed E-state index contributed by atoms with van der Waals surface area (Å²) < 4.78 is 5.89. The van der Waals surface area contributed by atoms with Crippen molar-refractivity contribution in [1.29, 1.82) is 0 Å². The van der Waals surface area contributed by atoms with Crippen LogP contribution in [0.15, 0.2) is 28.7 Å². The Hall–Kier alpha value is -1.28. The number of fused-ring (bicyclic) bond motifs is 1. The molecule has 1 aromatic carbocycles. The Morgan fingerprint density at radius 2 is 1.95 bits per heavy atom. The van der Waals surface area contributed by atoms with Crippen LogP contribution in [0.4, 0.5) is 0 Å². The van der Waals surface area contributed by atoms with E-state index in [0.29, 0.717) is 0 Å². The zero-order valence-corrected chi connectivity index (χ0v) is 12.5. The normalized spacial score (nSPS) is 13.9. The minimum absolute atomic E-state index is 0.0128. The molecule has 0 aliphatic rings. The van der Waals surface area contributed by atoms with E-state index in [9.17, 15) is 0 Å². The second kappa shape index (κ2) is 5.38. The maximum absolute atomic E-state index is 6.26. The van der Waals surface area contributed by atoms with Crippen molar-refractivity contribution in [3.05, 3.63) is 35.6 Å². The van der Waals surface area contributed by atoms with Gasteiger partial charge >= 0.3 is 0 Å². The molecule has 104 valence electrons. The Balaban J connectivity index is 2.30. The summed E-state index contributed by atoms with van der Waals surface area (Å²) in [4.78, 5) is 0. The molecule has 2 rings (SSSR count). The number of hydrogen-bond donors (Lipinski definition) is 1. The lowest BCUT2D eigenvalue weighted by atomic mass is 9.86. The number of furan rings is 1. The topological polar surface area (TPSA) is 39.2 Å². The van der Waals surface area contributed by atoms with Crippen LogP contribution in [0.1, 0.15) is 57.9 Å². The van der Waals surface area contributed by atoms with Crippen molar-refractivity contribution >= 4 is 11.0 Å². The highest BCUT2D eigenvalue weighted by atomic mass is 16.3. The number of nitrogens with two attached hydrogens (primary N) is 1. The lowest BCUT2D eigenvalue weighted by Crippen LogP contribution is -2.25. The van der Waals surface area contributed by atoms with Gasteiger partial charge in [-0.2, -0.15) is 0 Å². The van der Waals surface area contributed by atoms with E-state index in [0.717, 1.165) is 17.8 Å². The highest BCUT2D eigenvalue weighted by Gasteiger charge is 2.25. The Labute approximate surface area is 116 Å². The fourth-order valence-corrected chi connectivity index (χ4v) is 2.23. The van der Waals surface area contributed by atoms with Crippen molar-refractivity contribution in [1.82, 2.24) is 0 Å². The minimum atomic E-state index is -0.0704. The van der Waals surface area contributed by atoms with Crippen LogP contribution in [-0.2, 0) is 6.42 Å². The van der Waals surface area contributed by atoms with Crippen LogP contribution >= 0.6 is 0 Å². The lowest BCUT2D eigenvalue weighted by Gasteiger charge is -2.24. The van der Waals surface area contributed by atoms with Crippen LogP contribution in [-0.4, -0.2) is 0 Å². The van der Waals surface area contributed by atoms with Gasteiger partial charge in [-0.05, 0) is 42.0 Å². The molecular weight excluding hydrogens is 234 g/mol. The summed E-state index contributed by atoms with van der Waals surface area (Å²) in [6.45, 7) is 8.63. The number of rotatable bonds is 4. The molecule has 2 N–H and O–H groups in total. The highest BCUT2D eigenvalue weighted by Crippen LogP contribution is 2.34. The van der Waals surface area contributed by atoms with Crippen LogP contribution in [0.2, 0.25) is 0 Å². The average Bonchev–Trinajstić information content (AvgIpc) is 2.76. The van der Waals surface area contributed by atoms with Crippen molar-refractivity contribution in [2.75, 3.05) is 0 Å². The molecule has 0 fully saturated rings. The van der Waals surface area contributed by atoms with E-state index in [-0.39, 0.29) is 11.5 Å². The van der Waals surface area contributed by atoms with Crippen LogP contribution in [0, 0.1) is 5.41 Å². The molecule has 0 saturated carbocycles. The molecule has 2 aromatic rings. The van der Waals surface area contributed by atoms with Gasteiger partial charge < -0.3 is 10.2 Å². The SMILES string of the molecule is CCCCc1ccc2oc(C(N)C(C)(C)C)cc2c1. The van der Waals surface area contributed by atoms with Crippen molar-refractivity contribution in [2.45, 2.75) is 53.0 Å². The number of unbranched alkanes of at least 4 members (excludes halogenated alkanes) is 1. The van der Waals surface area contributed by atoms with Gasteiger partial charge in [0.05, 0.1) is 6.04 Å². The van der Waals surface area contributed by atoms with Crippen molar-refractivity contribution in [2.24, 2.45) is 11.1 Å². The first kappa shape index (κ1) is 14.1. The minimum Gasteiger partial charge on any atom is -0.459 e. The molecule has 0 saturated heterocycles. The van der Waals surface area contributed by atoms with Gasteiger partial charge in [-0.15, -0.1) is 0 Å². The second-order valence-electron chi connectivity index (χ2n) is 6.47. The van der Waals surface area contributed by atoms with Gasteiger partial charge in [-0.1, -0.05) is 40.2 Å². The third kappa shape index (κ3) is 3.19. The first-order valence-electron chi connectivity index (χ1n) is 7.19. The van der Waals surface area contributed by atoms with E-state index in [1.807, 2.05) is 0 Å². The molecule has 19 heavy (non-hydrogen) atoms. The second-order valence-corrected chi connectivity index (χ2v) is 6.47. The number of aryl methyl sites for hydroxylation is 1. The molecule has 0 bridgehead atoms. The average molecular weight is 259 g/mol. The van der Waals surface area contributed by atoms with E-state index < -0.39 is 0 Å². The van der Waals surface area contributed by atoms with Gasteiger partial charge in [0.25, 0.3) is 0 Å². The van der Waals surface area contributed by atoms with Crippen LogP contribution in [0.25, 0.3) is 11.0 Å². The summed E-state index contributed by atoms with van der Waals surface area (Å²) in [6, 6.07) is 8.49. The Bertz CT molecular complexity index is 548.